The normalized spacial score (nSPS) is 12.7. The van der Waals surface area contributed by atoms with Crippen LogP contribution in [0.3, 0.4) is 0 Å². The average molecular weight is 239 g/mol. The lowest BCUT2D eigenvalue weighted by atomic mass is 10.00. The molecular weight excluding hydrogens is 226 g/mol. The van der Waals surface area contributed by atoms with E-state index in [1.807, 2.05) is 25.2 Å². The number of nitrogens with one attached hydrogen (secondary N) is 1. The van der Waals surface area contributed by atoms with Gasteiger partial charge in [-0.15, -0.1) is 0 Å². The lowest BCUT2D eigenvalue weighted by Crippen LogP contribution is -2.17. The molecule has 1 aromatic carbocycles. The Hall–Kier alpha value is -2.20. The summed E-state index contributed by atoms with van der Waals surface area (Å²) in [6.07, 6.45) is 6.85. The third-order valence-corrected chi connectivity index (χ3v) is 3.01. The fraction of sp³-hybridized carbons (Fsp3) is 0.143. The zero-order valence-corrected chi connectivity index (χ0v) is 10.00. The highest BCUT2D eigenvalue weighted by Crippen LogP contribution is 2.26. The van der Waals surface area contributed by atoms with E-state index < -0.39 is 0 Å². The van der Waals surface area contributed by atoms with Gasteiger partial charge >= 0.3 is 0 Å². The molecule has 0 aliphatic carbocycles. The van der Waals surface area contributed by atoms with E-state index in [9.17, 15) is 0 Å². The molecule has 0 amide bonds. The van der Waals surface area contributed by atoms with E-state index in [0.29, 0.717) is 0 Å². The first-order valence-electron chi connectivity index (χ1n) is 5.79. The Morgan fingerprint density at radius 2 is 2.06 bits per heavy atom. The van der Waals surface area contributed by atoms with Crippen molar-refractivity contribution in [1.82, 2.24) is 15.3 Å². The number of nitrogens with zero attached hydrogens (tertiary/aromatic N) is 2. The molecule has 18 heavy (non-hydrogen) atoms. The van der Waals surface area contributed by atoms with E-state index in [1.54, 1.807) is 24.9 Å². The Morgan fingerprint density at radius 3 is 2.83 bits per heavy atom. The molecule has 3 aromatic rings. The lowest BCUT2D eigenvalue weighted by Gasteiger charge is -2.16. The first-order valence-corrected chi connectivity index (χ1v) is 5.79. The summed E-state index contributed by atoms with van der Waals surface area (Å²) in [5.41, 5.74) is 4.00. The van der Waals surface area contributed by atoms with Gasteiger partial charge < -0.3 is 9.73 Å². The summed E-state index contributed by atoms with van der Waals surface area (Å²) < 4.78 is 5.15. The predicted molar refractivity (Wildman–Crippen MR) is 69.1 cm³/mol. The van der Waals surface area contributed by atoms with Gasteiger partial charge in [-0.3, -0.25) is 9.97 Å². The van der Waals surface area contributed by atoms with Crippen LogP contribution in [0.2, 0.25) is 0 Å². The van der Waals surface area contributed by atoms with Gasteiger partial charge in [-0.2, -0.15) is 0 Å². The summed E-state index contributed by atoms with van der Waals surface area (Å²) in [7, 11) is 1.92. The van der Waals surface area contributed by atoms with Crippen LogP contribution in [0.4, 0.5) is 0 Å². The summed E-state index contributed by atoms with van der Waals surface area (Å²) in [6.45, 7) is 0. The molecule has 0 aliphatic heterocycles. The molecule has 0 saturated carbocycles. The maximum atomic E-state index is 5.15. The smallest absolute Gasteiger partial charge is 0.0953 e. The monoisotopic (exact) mass is 239 g/mol. The number of hydrogen-bond donors (Lipinski definition) is 1. The van der Waals surface area contributed by atoms with Crippen molar-refractivity contribution < 1.29 is 4.42 Å². The van der Waals surface area contributed by atoms with Crippen LogP contribution in [0, 0.1) is 0 Å². The standard InChI is InChI=1S/C14H13N3O/c1-15-13(10-5-8-18-9-10)11-3-2-4-12-14(11)17-7-6-16-12/h2-9,13,15H,1H3. The molecule has 1 atom stereocenters. The van der Waals surface area contributed by atoms with Gasteiger partial charge in [0, 0.05) is 23.5 Å². The molecule has 2 aromatic heterocycles. The molecule has 1 N–H and O–H groups in total. The molecule has 1 unspecified atom stereocenters. The minimum absolute atomic E-state index is 0.0594. The summed E-state index contributed by atoms with van der Waals surface area (Å²) in [5, 5.41) is 3.29. The van der Waals surface area contributed by atoms with Gasteiger partial charge in [-0.25, -0.2) is 0 Å². The van der Waals surface area contributed by atoms with Crippen molar-refractivity contribution in [1.29, 1.82) is 0 Å². The Morgan fingerprint density at radius 1 is 1.17 bits per heavy atom. The number of benzene rings is 1. The predicted octanol–water partition coefficient (Wildman–Crippen LogP) is 2.53. The maximum Gasteiger partial charge on any atom is 0.0953 e. The first kappa shape index (κ1) is 10.9. The van der Waals surface area contributed by atoms with Crippen LogP contribution in [0.1, 0.15) is 17.2 Å². The number of furan rings is 1. The fourth-order valence-corrected chi connectivity index (χ4v) is 2.19. The Balaban J connectivity index is 2.18. The number of fused-ring (bicyclic) bond motifs is 1. The van der Waals surface area contributed by atoms with Gasteiger partial charge in [0.25, 0.3) is 0 Å². The van der Waals surface area contributed by atoms with Crippen LogP contribution < -0.4 is 5.32 Å². The van der Waals surface area contributed by atoms with Crippen molar-refractivity contribution in [2.75, 3.05) is 7.05 Å². The van der Waals surface area contributed by atoms with Gasteiger partial charge in [-0.1, -0.05) is 12.1 Å². The van der Waals surface area contributed by atoms with Gasteiger partial charge in [0.2, 0.25) is 0 Å². The van der Waals surface area contributed by atoms with Crippen molar-refractivity contribution in [3.63, 3.8) is 0 Å². The van der Waals surface area contributed by atoms with Crippen LogP contribution in [-0.2, 0) is 0 Å². The van der Waals surface area contributed by atoms with Crippen LogP contribution in [0.25, 0.3) is 11.0 Å². The summed E-state index contributed by atoms with van der Waals surface area (Å²) >= 11 is 0. The Kier molecular flexibility index (Phi) is 2.78. The molecular formula is C14H13N3O. The quantitative estimate of drug-likeness (QED) is 0.763. The lowest BCUT2D eigenvalue weighted by molar-refractivity contribution is 0.557. The Bertz CT molecular complexity index is 644. The minimum atomic E-state index is 0.0594. The molecule has 0 spiro atoms. The van der Waals surface area contributed by atoms with Crippen LogP contribution >= 0.6 is 0 Å². The molecule has 0 saturated heterocycles. The first-order chi connectivity index (χ1) is 8.90. The second-order valence-electron chi connectivity index (χ2n) is 4.05. The van der Waals surface area contributed by atoms with E-state index in [2.05, 4.69) is 21.4 Å². The molecule has 2 heterocycles. The van der Waals surface area contributed by atoms with Gasteiger partial charge in [0.15, 0.2) is 0 Å². The van der Waals surface area contributed by atoms with E-state index >= 15 is 0 Å². The van der Waals surface area contributed by atoms with Crippen LogP contribution in [-0.4, -0.2) is 17.0 Å². The SMILES string of the molecule is CNC(c1ccoc1)c1cccc2nccnc12. The van der Waals surface area contributed by atoms with Crippen molar-refractivity contribution in [2.45, 2.75) is 6.04 Å². The van der Waals surface area contributed by atoms with E-state index in [4.69, 9.17) is 4.42 Å². The number of para-hydroxylation sites is 1. The molecule has 0 radical (unpaired) electrons. The molecule has 90 valence electrons. The van der Waals surface area contributed by atoms with Gasteiger partial charge in [0.1, 0.15) is 0 Å². The van der Waals surface area contributed by atoms with Crippen molar-refractivity contribution in [3.05, 3.63) is 60.3 Å². The van der Waals surface area contributed by atoms with E-state index in [-0.39, 0.29) is 6.04 Å². The zero-order valence-electron chi connectivity index (χ0n) is 10.00. The third-order valence-electron chi connectivity index (χ3n) is 3.01. The average Bonchev–Trinajstić information content (AvgIpc) is 2.94. The van der Waals surface area contributed by atoms with Crippen LogP contribution in [0.15, 0.2) is 53.6 Å². The third kappa shape index (κ3) is 1.76. The zero-order chi connectivity index (χ0) is 12.4. The molecule has 4 heteroatoms. The minimum Gasteiger partial charge on any atom is -0.472 e. The molecule has 0 bridgehead atoms. The largest absolute Gasteiger partial charge is 0.472 e. The van der Waals surface area contributed by atoms with Gasteiger partial charge in [-0.05, 0) is 19.2 Å². The van der Waals surface area contributed by atoms with Crippen molar-refractivity contribution in [2.24, 2.45) is 0 Å². The second-order valence-corrected chi connectivity index (χ2v) is 4.05. The molecule has 3 rings (SSSR count). The molecule has 4 nitrogen and oxygen atoms in total. The number of rotatable bonds is 3. The summed E-state index contributed by atoms with van der Waals surface area (Å²) in [4.78, 5) is 8.75. The second kappa shape index (κ2) is 4.58. The van der Waals surface area contributed by atoms with Crippen LogP contribution in [0.5, 0.6) is 0 Å². The van der Waals surface area contributed by atoms with E-state index in [1.165, 1.54) is 0 Å². The summed E-state index contributed by atoms with van der Waals surface area (Å²) in [6, 6.07) is 8.04. The number of hydrogen-bond acceptors (Lipinski definition) is 4. The van der Waals surface area contributed by atoms with Crippen molar-refractivity contribution in [3.8, 4) is 0 Å². The molecule has 0 aliphatic rings. The van der Waals surface area contributed by atoms with Gasteiger partial charge in [0.05, 0.1) is 29.6 Å². The maximum absolute atomic E-state index is 5.15. The Labute approximate surface area is 105 Å². The number of aromatic nitrogens is 2. The summed E-state index contributed by atoms with van der Waals surface area (Å²) in [5.74, 6) is 0. The van der Waals surface area contributed by atoms with Crippen molar-refractivity contribution >= 4 is 11.0 Å². The fourth-order valence-electron chi connectivity index (χ4n) is 2.19. The highest BCUT2D eigenvalue weighted by atomic mass is 16.3. The topological polar surface area (TPSA) is 51.0 Å². The van der Waals surface area contributed by atoms with E-state index in [0.717, 1.165) is 22.2 Å². The molecule has 0 fully saturated rings. The highest BCUT2D eigenvalue weighted by Gasteiger charge is 2.16. The highest BCUT2D eigenvalue weighted by molar-refractivity contribution is 5.78.